The van der Waals surface area contributed by atoms with Crippen molar-refractivity contribution in [3.8, 4) is 5.75 Å². The van der Waals surface area contributed by atoms with Gasteiger partial charge in [0.05, 0.1) is 9.40 Å². The molecule has 0 aliphatic carbocycles. The van der Waals surface area contributed by atoms with Gasteiger partial charge in [0, 0.05) is 16.1 Å². The van der Waals surface area contributed by atoms with Crippen LogP contribution in [0.15, 0.2) is 57.5 Å². The maximum absolute atomic E-state index is 12.2. The third-order valence-electron chi connectivity index (χ3n) is 4.19. The summed E-state index contributed by atoms with van der Waals surface area (Å²) in [7, 11) is 0. The molecule has 0 saturated carbocycles. The predicted octanol–water partition coefficient (Wildman–Crippen LogP) is 4.64. The molecule has 3 N–H and O–H groups in total. The van der Waals surface area contributed by atoms with E-state index in [4.69, 9.17) is 28.6 Å². The molecule has 13 heteroatoms. The van der Waals surface area contributed by atoms with Crippen LogP contribution in [-0.4, -0.2) is 28.5 Å². The largest absolute Gasteiger partial charge is 0.483 e. The maximum Gasteiger partial charge on any atom is 0.288 e. The minimum absolute atomic E-state index is 0.0295. The highest BCUT2D eigenvalue weighted by Gasteiger charge is 2.17. The minimum atomic E-state index is -0.718. The van der Waals surface area contributed by atoms with Gasteiger partial charge in [-0.3, -0.25) is 35.9 Å². The number of halogens is 3. The van der Waals surface area contributed by atoms with Crippen molar-refractivity contribution in [2.45, 2.75) is 0 Å². The number of nitro benzene ring substituents is 1. The van der Waals surface area contributed by atoms with Gasteiger partial charge in [-0.1, -0.05) is 39.7 Å². The molecule has 3 rings (SSSR count). The number of hydrogen-bond acceptors (Lipinski definition) is 6. The number of hydrazine groups is 1. The van der Waals surface area contributed by atoms with E-state index >= 15 is 0 Å². The number of fused-ring (bicyclic) bond motifs is 1. The molecule has 0 aliphatic rings. The Hall–Kier alpha value is -2.80. The number of nitrogens with one attached hydrogen (secondary N) is 3. The van der Waals surface area contributed by atoms with E-state index in [0.717, 1.165) is 21.3 Å². The molecule has 9 nitrogen and oxygen atoms in total. The van der Waals surface area contributed by atoms with Gasteiger partial charge in [-0.25, -0.2) is 0 Å². The Bertz CT molecular complexity index is 1290. The lowest BCUT2D eigenvalue weighted by Crippen LogP contribution is -2.49. The fraction of sp³-hybridized carbons (Fsp3) is 0.0500. The third-order valence-corrected chi connectivity index (χ3v) is 6.02. The van der Waals surface area contributed by atoms with Gasteiger partial charge in [0.2, 0.25) is 0 Å². The second-order valence-electron chi connectivity index (χ2n) is 6.41. The van der Waals surface area contributed by atoms with Crippen molar-refractivity contribution in [1.29, 1.82) is 0 Å². The Labute approximate surface area is 214 Å². The van der Waals surface area contributed by atoms with Gasteiger partial charge >= 0.3 is 0 Å². The number of carbonyl (C=O) groups excluding carboxylic acids is 2. The normalized spacial score (nSPS) is 10.4. The zero-order chi connectivity index (χ0) is 24.1. The second kappa shape index (κ2) is 10.9. The molecule has 3 aromatic rings. The van der Waals surface area contributed by atoms with Gasteiger partial charge < -0.3 is 4.74 Å². The number of rotatable bonds is 5. The first kappa shape index (κ1) is 24.8. The third kappa shape index (κ3) is 6.38. The van der Waals surface area contributed by atoms with Gasteiger partial charge in [-0.15, -0.1) is 0 Å². The molecule has 3 aromatic carbocycles. The zero-order valence-electron chi connectivity index (χ0n) is 16.4. The lowest BCUT2D eigenvalue weighted by molar-refractivity contribution is -0.384. The van der Waals surface area contributed by atoms with Crippen molar-refractivity contribution >= 4 is 89.1 Å². The molecule has 0 saturated heterocycles. The monoisotopic (exact) mass is 614 g/mol. The number of benzene rings is 3. The molecule has 170 valence electrons. The number of thiocarbonyl (C=S) groups is 1. The highest BCUT2D eigenvalue weighted by atomic mass is 79.9. The number of carbonyl (C=O) groups is 2. The predicted molar refractivity (Wildman–Crippen MR) is 134 cm³/mol. The van der Waals surface area contributed by atoms with Crippen LogP contribution in [0.3, 0.4) is 0 Å². The fourth-order valence-corrected chi connectivity index (χ4v) is 3.98. The summed E-state index contributed by atoms with van der Waals surface area (Å²) in [5, 5.41) is 14.8. The number of amides is 2. The molecule has 0 heterocycles. The summed E-state index contributed by atoms with van der Waals surface area (Å²) >= 11 is 17.6. The molecule has 0 atom stereocenters. The Kier molecular flexibility index (Phi) is 8.19. The van der Waals surface area contributed by atoms with E-state index in [2.05, 4.69) is 48.0 Å². The van der Waals surface area contributed by atoms with Crippen molar-refractivity contribution in [2.75, 3.05) is 6.61 Å². The fourth-order valence-electron chi connectivity index (χ4n) is 2.66. The summed E-state index contributed by atoms with van der Waals surface area (Å²) in [5.74, 6) is -0.804. The quantitative estimate of drug-likeness (QED) is 0.217. The van der Waals surface area contributed by atoms with E-state index in [9.17, 15) is 19.7 Å². The molecule has 0 aliphatic heterocycles. The Morgan fingerprint density at radius 2 is 1.85 bits per heavy atom. The standard InChI is InChI=1S/C20H13Br2ClN4O5S/c21-12-3-4-13-10(7-12)2-6-16(18(13)22)32-9-17(28)25-26-20(33)24-19(29)11-1-5-14(23)15(8-11)27(30)31/h1-8H,9H2,(H,25,28)(H2,24,26,29,33). The van der Waals surface area contributed by atoms with E-state index in [-0.39, 0.29) is 22.3 Å². The number of nitrogens with zero attached hydrogens (tertiary/aromatic N) is 1. The van der Waals surface area contributed by atoms with Crippen LogP contribution in [-0.2, 0) is 4.79 Å². The van der Waals surface area contributed by atoms with E-state index in [1.165, 1.54) is 12.1 Å². The number of hydrogen-bond donors (Lipinski definition) is 3. The summed E-state index contributed by atoms with van der Waals surface area (Å²) in [5.41, 5.74) is 4.21. The average molecular weight is 617 g/mol. The Morgan fingerprint density at radius 3 is 2.58 bits per heavy atom. The molecule has 0 spiro atoms. The number of nitro groups is 1. The van der Waals surface area contributed by atoms with E-state index in [1.807, 2.05) is 24.3 Å². The van der Waals surface area contributed by atoms with Gasteiger partial charge in [0.25, 0.3) is 17.5 Å². The van der Waals surface area contributed by atoms with Crippen LogP contribution in [0.1, 0.15) is 10.4 Å². The zero-order valence-corrected chi connectivity index (χ0v) is 21.1. The molecular formula is C20H13Br2ClN4O5S. The van der Waals surface area contributed by atoms with Crippen molar-refractivity contribution in [3.05, 3.63) is 78.2 Å². The first-order chi connectivity index (χ1) is 15.7. The van der Waals surface area contributed by atoms with Gasteiger partial charge in [-0.2, -0.15) is 0 Å². The van der Waals surface area contributed by atoms with Gasteiger partial charge in [-0.05, 0) is 69.3 Å². The molecule has 0 aromatic heterocycles. The lowest BCUT2D eigenvalue weighted by Gasteiger charge is -2.13. The van der Waals surface area contributed by atoms with Crippen molar-refractivity contribution in [3.63, 3.8) is 0 Å². The van der Waals surface area contributed by atoms with Crippen molar-refractivity contribution < 1.29 is 19.2 Å². The number of ether oxygens (including phenoxy) is 1. The van der Waals surface area contributed by atoms with Crippen molar-refractivity contribution in [2.24, 2.45) is 0 Å². The summed E-state index contributed by atoms with van der Waals surface area (Å²) in [6, 6.07) is 12.9. The van der Waals surface area contributed by atoms with Crippen LogP contribution < -0.4 is 20.9 Å². The van der Waals surface area contributed by atoms with Crippen LogP contribution >= 0.6 is 55.7 Å². The minimum Gasteiger partial charge on any atom is -0.483 e. The summed E-state index contributed by atoms with van der Waals surface area (Å²) in [4.78, 5) is 34.5. The summed E-state index contributed by atoms with van der Waals surface area (Å²) in [6.45, 7) is -0.326. The van der Waals surface area contributed by atoms with Crippen LogP contribution in [0.25, 0.3) is 10.8 Å². The molecule has 2 amide bonds. The van der Waals surface area contributed by atoms with E-state index in [1.54, 1.807) is 6.07 Å². The Balaban J connectivity index is 1.51. The SMILES string of the molecule is O=C(COc1ccc2cc(Br)ccc2c1Br)NNC(=S)NC(=O)c1ccc(Cl)c([N+](=O)[O-])c1. The smallest absolute Gasteiger partial charge is 0.288 e. The highest BCUT2D eigenvalue weighted by molar-refractivity contribution is 9.11. The molecule has 33 heavy (non-hydrogen) atoms. The average Bonchev–Trinajstić information content (AvgIpc) is 2.77. The van der Waals surface area contributed by atoms with Gasteiger partial charge in [0.1, 0.15) is 10.8 Å². The van der Waals surface area contributed by atoms with E-state index < -0.39 is 22.4 Å². The first-order valence-electron chi connectivity index (χ1n) is 9.00. The topological polar surface area (TPSA) is 123 Å². The van der Waals surface area contributed by atoms with Crippen LogP contribution in [0.4, 0.5) is 5.69 Å². The first-order valence-corrected chi connectivity index (χ1v) is 11.4. The molecular weight excluding hydrogens is 604 g/mol. The summed E-state index contributed by atoms with van der Waals surface area (Å²) in [6.07, 6.45) is 0. The van der Waals surface area contributed by atoms with E-state index in [0.29, 0.717) is 10.2 Å². The van der Waals surface area contributed by atoms with Crippen LogP contribution in [0, 0.1) is 10.1 Å². The van der Waals surface area contributed by atoms with Crippen LogP contribution in [0.5, 0.6) is 5.75 Å². The molecule has 0 fully saturated rings. The lowest BCUT2D eigenvalue weighted by atomic mass is 10.1. The Morgan fingerprint density at radius 1 is 1.09 bits per heavy atom. The van der Waals surface area contributed by atoms with Crippen LogP contribution in [0.2, 0.25) is 5.02 Å². The molecule has 0 radical (unpaired) electrons. The molecule has 0 unspecified atom stereocenters. The summed E-state index contributed by atoms with van der Waals surface area (Å²) < 4.78 is 7.19. The molecule has 0 bridgehead atoms. The van der Waals surface area contributed by atoms with Crippen molar-refractivity contribution in [1.82, 2.24) is 16.2 Å². The maximum atomic E-state index is 12.2. The highest BCUT2D eigenvalue weighted by Crippen LogP contribution is 2.34. The second-order valence-corrected chi connectivity index (χ2v) is 8.94. The van der Waals surface area contributed by atoms with Gasteiger partial charge in [0.15, 0.2) is 11.7 Å².